The van der Waals surface area contributed by atoms with E-state index in [0.717, 1.165) is 12.5 Å². The van der Waals surface area contributed by atoms with Crippen LogP contribution in [0.15, 0.2) is 24.3 Å². The Labute approximate surface area is 111 Å². The van der Waals surface area contributed by atoms with Crippen LogP contribution in [0.1, 0.15) is 30.9 Å². The Balaban J connectivity index is 2.49. The molecule has 0 aliphatic rings. The average molecular weight is 275 g/mol. The second-order valence-electron chi connectivity index (χ2n) is 4.62. The van der Waals surface area contributed by atoms with Gasteiger partial charge in [0.1, 0.15) is 0 Å². The topological polar surface area (TPSA) is 32.3 Å². The predicted octanol–water partition coefficient (Wildman–Crippen LogP) is 3.20. The van der Waals surface area contributed by atoms with Gasteiger partial charge in [-0.05, 0) is 30.5 Å². The third-order valence-corrected chi connectivity index (χ3v) is 3.13. The molecule has 1 aromatic carbocycles. The van der Waals surface area contributed by atoms with Gasteiger partial charge in [0.25, 0.3) is 0 Å². The van der Waals surface area contributed by atoms with Crippen molar-refractivity contribution in [2.24, 2.45) is 5.92 Å². The van der Waals surface area contributed by atoms with E-state index in [1.807, 2.05) is 6.92 Å². The van der Waals surface area contributed by atoms with Gasteiger partial charge in [-0.3, -0.25) is 0 Å². The predicted molar refractivity (Wildman–Crippen MR) is 68.6 cm³/mol. The van der Waals surface area contributed by atoms with Crippen molar-refractivity contribution in [1.82, 2.24) is 5.32 Å². The van der Waals surface area contributed by atoms with Gasteiger partial charge in [0, 0.05) is 13.2 Å². The molecule has 5 heteroatoms. The van der Waals surface area contributed by atoms with Crippen LogP contribution in [-0.2, 0) is 12.7 Å². The first kappa shape index (κ1) is 16.0. The SMILES string of the molecule is CCC(CCO)CNCc1cccc(C(F)(F)F)c1. The van der Waals surface area contributed by atoms with Gasteiger partial charge in [-0.15, -0.1) is 0 Å². The fraction of sp³-hybridized carbons (Fsp3) is 0.571. The number of halogens is 3. The summed E-state index contributed by atoms with van der Waals surface area (Å²) < 4.78 is 37.6. The van der Waals surface area contributed by atoms with Gasteiger partial charge in [0.05, 0.1) is 5.56 Å². The van der Waals surface area contributed by atoms with Gasteiger partial charge in [-0.25, -0.2) is 0 Å². The first-order valence-electron chi connectivity index (χ1n) is 6.45. The van der Waals surface area contributed by atoms with E-state index in [4.69, 9.17) is 5.11 Å². The summed E-state index contributed by atoms with van der Waals surface area (Å²) in [6, 6.07) is 5.34. The number of aliphatic hydroxyl groups excluding tert-OH is 1. The van der Waals surface area contributed by atoms with Crippen LogP contribution in [0.2, 0.25) is 0 Å². The maximum Gasteiger partial charge on any atom is 0.416 e. The number of alkyl halides is 3. The zero-order valence-electron chi connectivity index (χ0n) is 11.0. The molecule has 19 heavy (non-hydrogen) atoms. The maximum atomic E-state index is 12.5. The highest BCUT2D eigenvalue weighted by atomic mass is 19.4. The molecule has 0 saturated heterocycles. The van der Waals surface area contributed by atoms with E-state index in [2.05, 4.69) is 5.32 Å². The molecule has 0 aliphatic heterocycles. The van der Waals surface area contributed by atoms with Crippen LogP contribution in [0.3, 0.4) is 0 Å². The Morgan fingerprint density at radius 2 is 2.05 bits per heavy atom. The quantitative estimate of drug-likeness (QED) is 0.801. The van der Waals surface area contributed by atoms with Gasteiger partial charge in [0.15, 0.2) is 0 Å². The van der Waals surface area contributed by atoms with E-state index in [0.29, 0.717) is 31.0 Å². The molecule has 0 fully saturated rings. The van der Waals surface area contributed by atoms with Gasteiger partial charge in [0.2, 0.25) is 0 Å². The van der Waals surface area contributed by atoms with E-state index in [1.165, 1.54) is 12.1 Å². The minimum absolute atomic E-state index is 0.143. The first-order chi connectivity index (χ1) is 8.97. The summed E-state index contributed by atoms with van der Waals surface area (Å²) in [5, 5.41) is 12.0. The van der Waals surface area contributed by atoms with Crippen molar-refractivity contribution in [1.29, 1.82) is 0 Å². The van der Waals surface area contributed by atoms with Crippen molar-refractivity contribution < 1.29 is 18.3 Å². The molecule has 2 nitrogen and oxygen atoms in total. The van der Waals surface area contributed by atoms with E-state index < -0.39 is 11.7 Å². The molecule has 0 amide bonds. The van der Waals surface area contributed by atoms with Gasteiger partial charge < -0.3 is 10.4 Å². The third-order valence-electron chi connectivity index (χ3n) is 3.13. The first-order valence-corrected chi connectivity index (χ1v) is 6.45. The molecule has 0 spiro atoms. The summed E-state index contributed by atoms with van der Waals surface area (Å²) in [5.74, 6) is 0.357. The summed E-state index contributed by atoms with van der Waals surface area (Å²) in [6.07, 6.45) is -2.64. The lowest BCUT2D eigenvalue weighted by atomic mass is 10.0. The van der Waals surface area contributed by atoms with E-state index in [9.17, 15) is 13.2 Å². The van der Waals surface area contributed by atoms with Crippen LogP contribution in [0.4, 0.5) is 13.2 Å². The smallest absolute Gasteiger partial charge is 0.396 e. The van der Waals surface area contributed by atoms with E-state index in [1.54, 1.807) is 6.07 Å². The number of benzene rings is 1. The van der Waals surface area contributed by atoms with E-state index in [-0.39, 0.29) is 6.61 Å². The molecule has 0 heterocycles. The molecule has 0 radical (unpaired) electrons. The van der Waals surface area contributed by atoms with Crippen LogP contribution in [-0.4, -0.2) is 18.3 Å². The van der Waals surface area contributed by atoms with Crippen LogP contribution in [0.25, 0.3) is 0 Å². The second kappa shape index (κ2) is 7.50. The maximum absolute atomic E-state index is 12.5. The third kappa shape index (κ3) is 5.61. The molecular formula is C14H20F3NO. The summed E-state index contributed by atoms with van der Waals surface area (Å²) in [6.45, 7) is 3.29. The van der Waals surface area contributed by atoms with Gasteiger partial charge in [-0.2, -0.15) is 13.2 Å². The summed E-state index contributed by atoms with van der Waals surface area (Å²) >= 11 is 0. The van der Waals surface area contributed by atoms with Crippen LogP contribution < -0.4 is 5.32 Å². The summed E-state index contributed by atoms with van der Waals surface area (Å²) in [5.41, 5.74) is 0.00266. The summed E-state index contributed by atoms with van der Waals surface area (Å²) in [7, 11) is 0. The Morgan fingerprint density at radius 1 is 1.32 bits per heavy atom. The number of rotatable bonds is 7. The molecular weight excluding hydrogens is 255 g/mol. The minimum Gasteiger partial charge on any atom is -0.396 e. The van der Waals surface area contributed by atoms with Crippen molar-refractivity contribution in [3.05, 3.63) is 35.4 Å². The second-order valence-corrected chi connectivity index (χ2v) is 4.62. The molecule has 1 rings (SSSR count). The molecule has 0 aliphatic carbocycles. The lowest BCUT2D eigenvalue weighted by molar-refractivity contribution is -0.137. The van der Waals surface area contributed by atoms with Crippen LogP contribution in [0.5, 0.6) is 0 Å². The molecule has 0 aromatic heterocycles. The van der Waals surface area contributed by atoms with Crippen molar-refractivity contribution in [2.75, 3.05) is 13.2 Å². The lowest BCUT2D eigenvalue weighted by Gasteiger charge is -2.15. The molecule has 1 aromatic rings. The molecule has 1 unspecified atom stereocenters. The fourth-order valence-electron chi connectivity index (χ4n) is 1.91. The Kier molecular flexibility index (Phi) is 6.31. The normalized spacial score (nSPS) is 13.5. The highest BCUT2D eigenvalue weighted by Gasteiger charge is 2.30. The Morgan fingerprint density at radius 3 is 2.63 bits per heavy atom. The molecule has 2 N–H and O–H groups in total. The molecule has 0 saturated carbocycles. The number of aliphatic hydroxyl groups is 1. The van der Waals surface area contributed by atoms with E-state index >= 15 is 0 Å². The van der Waals surface area contributed by atoms with Gasteiger partial charge in [-0.1, -0.05) is 31.5 Å². The number of hydrogen-bond donors (Lipinski definition) is 2. The monoisotopic (exact) mass is 275 g/mol. The molecule has 108 valence electrons. The highest BCUT2D eigenvalue weighted by molar-refractivity contribution is 5.25. The zero-order chi connectivity index (χ0) is 14.3. The standard InChI is InChI=1S/C14H20F3NO/c1-2-11(6-7-19)9-18-10-12-4-3-5-13(8-12)14(15,16)17/h3-5,8,11,18-19H,2,6-7,9-10H2,1H3. The van der Waals surface area contributed by atoms with Crippen LogP contribution >= 0.6 is 0 Å². The lowest BCUT2D eigenvalue weighted by Crippen LogP contribution is -2.23. The molecule has 1 atom stereocenters. The number of nitrogens with one attached hydrogen (secondary N) is 1. The fourth-order valence-corrected chi connectivity index (χ4v) is 1.91. The zero-order valence-corrected chi connectivity index (χ0v) is 11.0. The van der Waals surface area contributed by atoms with Crippen LogP contribution in [0, 0.1) is 5.92 Å². The van der Waals surface area contributed by atoms with Crippen molar-refractivity contribution in [2.45, 2.75) is 32.5 Å². The largest absolute Gasteiger partial charge is 0.416 e. The van der Waals surface area contributed by atoms with Crippen molar-refractivity contribution >= 4 is 0 Å². The van der Waals surface area contributed by atoms with Crippen molar-refractivity contribution in [3.63, 3.8) is 0 Å². The van der Waals surface area contributed by atoms with Gasteiger partial charge >= 0.3 is 6.18 Å². The highest BCUT2D eigenvalue weighted by Crippen LogP contribution is 2.29. The molecule has 0 bridgehead atoms. The average Bonchev–Trinajstić information content (AvgIpc) is 2.37. The van der Waals surface area contributed by atoms with Crippen molar-refractivity contribution in [3.8, 4) is 0 Å². The number of hydrogen-bond acceptors (Lipinski definition) is 2. The Bertz CT molecular complexity index is 379. The Hall–Kier alpha value is -1.07. The minimum atomic E-state index is -4.29. The summed E-state index contributed by atoms with van der Waals surface area (Å²) in [4.78, 5) is 0.